The number of hydrogen-bond acceptors (Lipinski definition) is 4. The molecule has 0 aliphatic rings. The molecule has 0 unspecified atom stereocenters. The molecule has 0 aliphatic carbocycles. The summed E-state index contributed by atoms with van der Waals surface area (Å²) in [7, 11) is 4.99. The van der Waals surface area contributed by atoms with E-state index in [9.17, 15) is 4.79 Å². The van der Waals surface area contributed by atoms with Gasteiger partial charge in [-0.25, -0.2) is 9.13 Å². The minimum Gasteiger partial charge on any atom is -0.493 e. The predicted octanol–water partition coefficient (Wildman–Crippen LogP) is 2.53. The molecular weight excluding hydrogens is 386 g/mol. The number of halogens is 1. The molecule has 7 heteroatoms. The highest BCUT2D eigenvalue weighted by atomic mass is 79.9. The van der Waals surface area contributed by atoms with Gasteiger partial charge >= 0.3 is 5.95 Å². The first-order valence-corrected chi connectivity index (χ1v) is 7.54. The van der Waals surface area contributed by atoms with Crippen molar-refractivity contribution in [3.8, 4) is 11.5 Å². The number of benzene rings is 2. The molecule has 1 aromatic heterocycles. The highest BCUT2D eigenvalue weighted by Gasteiger charge is 2.21. The molecule has 0 amide bonds. The SMILES string of the molecule is Br.COc1ccc(C(=O)Cn2c(N)[n+](C)c3ccccc32)cc1OC. The summed E-state index contributed by atoms with van der Waals surface area (Å²) in [6.45, 7) is 0.155. The second-order valence-electron chi connectivity index (χ2n) is 5.49. The minimum atomic E-state index is -0.0518. The Balaban J connectivity index is 0.00000225. The first kappa shape index (κ1) is 18.8. The van der Waals surface area contributed by atoms with Crippen molar-refractivity contribution in [3.05, 3.63) is 48.0 Å². The van der Waals surface area contributed by atoms with Crippen molar-refractivity contribution in [3.63, 3.8) is 0 Å². The molecule has 0 aliphatic heterocycles. The fraction of sp³-hybridized carbons (Fsp3) is 0.222. The van der Waals surface area contributed by atoms with E-state index < -0.39 is 0 Å². The number of nitrogens with two attached hydrogens (primary N) is 1. The van der Waals surface area contributed by atoms with Gasteiger partial charge < -0.3 is 9.47 Å². The van der Waals surface area contributed by atoms with Gasteiger partial charge in [0.05, 0.1) is 21.3 Å². The number of ketones is 1. The third kappa shape index (κ3) is 3.32. The number of nitrogens with zero attached hydrogens (tertiary/aromatic N) is 2. The summed E-state index contributed by atoms with van der Waals surface area (Å²) >= 11 is 0. The van der Waals surface area contributed by atoms with Crippen molar-refractivity contribution in [2.45, 2.75) is 6.54 Å². The molecule has 2 N–H and O–H groups in total. The zero-order chi connectivity index (χ0) is 17.3. The molecule has 0 atom stereocenters. The van der Waals surface area contributed by atoms with Gasteiger partial charge in [0.25, 0.3) is 0 Å². The number of rotatable bonds is 5. The van der Waals surface area contributed by atoms with Crippen LogP contribution in [-0.4, -0.2) is 24.6 Å². The third-order valence-corrected chi connectivity index (χ3v) is 4.16. The number of fused-ring (bicyclic) bond motifs is 1. The Kier molecular flexibility index (Phi) is 5.69. The Morgan fingerprint density at radius 3 is 2.48 bits per heavy atom. The average Bonchev–Trinajstić information content (AvgIpc) is 2.86. The average molecular weight is 407 g/mol. The highest BCUT2D eigenvalue weighted by Crippen LogP contribution is 2.28. The number of aryl methyl sites for hydroxylation is 1. The second-order valence-corrected chi connectivity index (χ2v) is 5.49. The van der Waals surface area contributed by atoms with Gasteiger partial charge in [-0.05, 0) is 30.3 Å². The van der Waals surface area contributed by atoms with Crippen LogP contribution in [0.25, 0.3) is 11.0 Å². The van der Waals surface area contributed by atoms with Crippen LogP contribution in [-0.2, 0) is 13.6 Å². The molecule has 0 spiro atoms. The Hall–Kier alpha value is -2.54. The van der Waals surface area contributed by atoms with Gasteiger partial charge in [0, 0.05) is 5.56 Å². The van der Waals surface area contributed by atoms with Crippen LogP contribution in [0.3, 0.4) is 0 Å². The number of imidazole rings is 1. The number of nitrogen functional groups attached to an aromatic ring is 1. The lowest BCUT2D eigenvalue weighted by molar-refractivity contribution is -0.630. The summed E-state index contributed by atoms with van der Waals surface area (Å²) < 4.78 is 14.2. The van der Waals surface area contributed by atoms with Crippen molar-refractivity contribution in [2.75, 3.05) is 20.0 Å². The van der Waals surface area contributed by atoms with E-state index in [0.29, 0.717) is 23.0 Å². The Morgan fingerprint density at radius 1 is 1.12 bits per heavy atom. The van der Waals surface area contributed by atoms with Gasteiger partial charge in [0.2, 0.25) is 0 Å². The Morgan fingerprint density at radius 2 is 1.80 bits per heavy atom. The number of Topliss-reactive ketones (excluding diaryl/α,β-unsaturated/α-hetero) is 1. The molecule has 0 saturated heterocycles. The summed E-state index contributed by atoms with van der Waals surface area (Å²) in [5, 5.41) is 0. The molecule has 132 valence electrons. The molecule has 0 bridgehead atoms. The lowest BCUT2D eigenvalue weighted by Gasteiger charge is -2.09. The van der Waals surface area contributed by atoms with Crippen molar-refractivity contribution >= 4 is 39.7 Å². The minimum absolute atomic E-state index is 0. The summed E-state index contributed by atoms with van der Waals surface area (Å²) in [6.07, 6.45) is 0. The number of carbonyl (C=O) groups excluding carboxylic acids is 1. The van der Waals surface area contributed by atoms with Crippen LogP contribution < -0.4 is 19.8 Å². The van der Waals surface area contributed by atoms with E-state index in [1.807, 2.05) is 40.4 Å². The smallest absolute Gasteiger partial charge is 0.356 e. The first-order valence-electron chi connectivity index (χ1n) is 7.54. The Bertz CT molecular complexity index is 921. The van der Waals surface area contributed by atoms with Gasteiger partial charge in [-0.2, -0.15) is 0 Å². The number of anilines is 1. The van der Waals surface area contributed by atoms with E-state index in [1.54, 1.807) is 32.4 Å². The molecule has 6 nitrogen and oxygen atoms in total. The van der Waals surface area contributed by atoms with Crippen LogP contribution >= 0.6 is 17.0 Å². The van der Waals surface area contributed by atoms with E-state index in [-0.39, 0.29) is 29.3 Å². The Labute approximate surface area is 156 Å². The van der Waals surface area contributed by atoms with Gasteiger partial charge in [-0.3, -0.25) is 10.5 Å². The van der Waals surface area contributed by atoms with Crippen LogP contribution in [0.1, 0.15) is 10.4 Å². The number of aromatic nitrogens is 2. The van der Waals surface area contributed by atoms with Gasteiger partial charge in [0.15, 0.2) is 17.3 Å². The van der Waals surface area contributed by atoms with Crippen LogP contribution in [0.5, 0.6) is 11.5 Å². The van der Waals surface area contributed by atoms with Crippen LogP contribution in [0.4, 0.5) is 5.95 Å². The summed E-state index contributed by atoms with van der Waals surface area (Å²) in [5.74, 6) is 1.60. The maximum absolute atomic E-state index is 12.7. The normalized spacial score (nSPS) is 10.4. The van der Waals surface area contributed by atoms with Gasteiger partial charge in [-0.1, -0.05) is 12.1 Å². The van der Waals surface area contributed by atoms with E-state index >= 15 is 0 Å². The molecule has 1 heterocycles. The second kappa shape index (κ2) is 7.57. The van der Waals surface area contributed by atoms with Gasteiger partial charge in [0.1, 0.15) is 17.6 Å². The third-order valence-electron chi connectivity index (χ3n) is 4.16. The van der Waals surface area contributed by atoms with Crippen LogP contribution in [0.15, 0.2) is 42.5 Å². The quantitative estimate of drug-likeness (QED) is 0.521. The van der Waals surface area contributed by atoms with Crippen molar-refractivity contribution in [1.82, 2.24) is 4.57 Å². The summed E-state index contributed by atoms with van der Waals surface area (Å²) in [6, 6.07) is 12.9. The van der Waals surface area contributed by atoms with Crippen molar-refractivity contribution < 1.29 is 18.8 Å². The maximum Gasteiger partial charge on any atom is 0.356 e. The largest absolute Gasteiger partial charge is 0.493 e. The lowest BCUT2D eigenvalue weighted by Crippen LogP contribution is -2.31. The van der Waals surface area contributed by atoms with Gasteiger partial charge in [-0.15, -0.1) is 17.0 Å². The van der Waals surface area contributed by atoms with Crippen molar-refractivity contribution in [1.29, 1.82) is 0 Å². The molecule has 0 radical (unpaired) electrons. The van der Waals surface area contributed by atoms with E-state index in [2.05, 4.69) is 0 Å². The molecule has 2 aromatic carbocycles. The molecule has 25 heavy (non-hydrogen) atoms. The molecule has 3 aromatic rings. The summed E-state index contributed by atoms with van der Waals surface area (Å²) in [4.78, 5) is 12.7. The standard InChI is InChI=1S/C18H19N3O3.BrH/c1-20-13-6-4-5-7-14(13)21(18(20)19)11-15(22)12-8-9-16(23-2)17(10-12)24-3;/h4-10,19H,11H2,1-3H3;1H/p+1. The lowest BCUT2D eigenvalue weighted by atomic mass is 10.1. The van der Waals surface area contributed by atoms with E-state index in [0.717, 1.165) is 11.0 Å². The number of para-hydroxylation sites is 2. The number of carbonyl (C=O) groups is 1. The molecule has 0 fully saturated rings. The van der Waals surface area contributed by atoms with E-state index in [1.165, 1.54) is 0 Å². The number of methoxy groups -OCH3 is 2. The zero-order valence-electron chi connectivity index (χ0n) is 14.4. The maximum atomic E-state index is 12.7. The fourth-order valence-corrected chi connectivity index (χ4v) is 2.81. The molecule has 0 saturated carbocycles. The number of ether oxygens (including phenoxy) is 2. The first-order chi connectivity index (χ1) is 11.6. The van der Waals surface area contributed by atoms with Crippen LogP contribution in [0.2, 0.25) is 0 Å². The fourth-order valence-electron chi connectivity index (χ4n) is 2.81. The molecule has 3 rings (SSSR count). The monoisotopic (exact) mass is 406 g/mol. The summed E-state index contributed by atoms with van der Waals surface area (Å²) in [5.41, 5.74) is 8.63. The van der Waals surface area contributed by atoms with E-state index in [4.69, 9.17) is 15.2 Å². The number of hydrogen-bond donors (Lipinski definition) is 1. The topological polar surface area (TPSA) is 70.4 Å². The molecular formula is C18H21BrN3O3+. The zero-order valence-corrected chi connectivity index (χ0v) is 16.1. The predicted molar refractivity (Wildman–Crippen MR) is 102 cm³/mol. The van der Waals surface area contributed by atoms with Crippen LogP contribution in [0, 0.1) is 0 Å². The van der Waals surface area contributed by atoms with Crippen molar-refractivity contribution in [2.24, 2.45) is 7.05 Å². The highest BCUT2D eigenvalue weighted by molar-refractivity contribution is 8.93.